The highest BCUT2D eigenvalue weighted by Crippen LogP contribution is 2.29. The molecular weight excluding hydrogens is 271 g/mol. The van der Waals surface area contributed by atoms with Crippen molar-refractivity contribution in [3.05, 3.63) is 11.6 Å². The molecular formula is C12H20F3N5. The molecule has 0 aromatic carbocycles. The van der Waals surface area contributed by atoms with Gasteiger partial charge in [0.15, 0.2) is 0 Å². The number of nitrogens with zero attached hydrogens (tertiary/aromatic N) is 4. The zero-order valence-electron chi connectivity index (χ0n) is 11.5. The SMILES string of the molecule is CCCC(CN)CN1CCn2c(nnc2C(F)(F)F)C1. The van der Waals surface area contributed by atoms with Crippen molar-refractivity contribution in [3.8, 4) is 0 Å². The second-order valence-electron chi connectivity index (χ2n) is 5.21. The fourth-order valence-electron chi connectivity index (χ4n) is 2.63. The lowest BCUT2D eigenvalue weighted by Gasteiger charge is -2.30. The minimum atomic E-state index is -4.44. The van der Waals surface area contributed by atoms with Gasteiger partial charge in [-0.1, -0.05) is 13.3 Å². The van der Waals surface area contributed by atoms with E-state index in [1.165, 1.54) is 4.57 Å². The van der Waals surface area contributed by atoms with Gasteiger partial charge in [-0.2, -0.15) is 13.2 Å². The molecule has 5 nitrogen and oxygen atoms in total. The molecule has 1 aliphatic heterocycles. The second-order valence-corrected chi connectivity index (χ2v) is 5.21. The molecule has 0 saturated carbocycles. The van der Waals surface area contributed by atoms with Crippen molar-refractivity contribution in [2.75, 3.05) is 19.6 Å². The molecule has 114 valence electrons. The average molecular weight is 291 g/mol. The Kier molecular flexibility index (Phi) is 4.64. The van der Waals surface area contributed by atoms with Crippen molar-refractivity contribution in [1.29, 1.82) is 0 Å². The Morgan fingerprint density at radius 2 is 2.05 bits per heavy atom. The van der Waals surface area contributed by atoms with E-state index in [2.05, 4.69) is 22.0 Å². The highest BCUT2D eigenvalue weighted by atomic mass is 19.4. The van der Waals surface area contributed by atoms with Crippen molar-refractivity contribution < 1.29 is 13.2 Å². The topological polar surface area (TPSA) is 60.0 Å². The Hall–Kier alpha value is -1.15. The number of hydrogen-bond donors (Lipinski definition) is 1. The predicted octanol–water partition coefficient (Wildman–Crippen LogP) is 1.49. The average Bonchev–Trinajstić information content (AvgIpc) is 2.81. The van der Waals surface area contributed by atoms with Crippen LogP contribution >= 0.6 is 0 Å². The van der Waals surface area contributed by atoms with Crippen LogP contribution in [0, 0.1) is 5.92 Å². The summed E-state index contributed by atoms with van der Waals surface area (Å²) < 4.78 is 39.3. The lowest BCUT2D eigenvalue weighted by molar-refractivity contribution is -0.148. The highest BCUT2D eigenvalue weighted by molar-refractivity contribution is 5.02. The molecule has 8 heteroatoms. The molecule has 0 amide bonds. The van der Waals surface area contributed by atoms with Crippen LogP contribution in [-0.4, -0.2) is 39.3 Å². The zero-order chi connectivity index (χ0) is 14.8. The maximum Gasteiger partial charge on any atom is 0.451 e. The van der Waals surface area contributed by atoms with Crippen molar-refractivity contribution >= 4 is 0 Å². The summed E-state index contributed by atoms with van der Waals surface area (Å²) in [6, 6.07) is 0. The van der Waals surface area contributed by atoms with Crippen LogP contribution in [0.2, 0.25) is 0 Å². The summed E-state index contributed by atoms with van der Waals surface area (Å²) in [5.41, 5.74) is 5.72. The van der Waals surface area contributed by atoms with Crippen molar-refractivity contribution in [3.63, 3.8) is 0 Å². The Bertz CT molecular complexity index is 443. The van der Waals surface area contributed by atoms with Gasteiger partial charge in [0, 0.05) is 19.6 Å². The Morgan fingerprint density at radius 3 is 2.65 bits per heavy atom. The fraction of sp³-hybridized carbons (Fsp3) is 0.833. The van der Waals surface area contributed by atoms with E-state index in [0.29, 0.717) is 31.4 Å². The summed E-state index contributed by atoms with van der Waals surface area (Å²) in [7, 11) is 0. The van der Waals surface area contributed by atoms with Gasteiger partial charge in [-0.05, 0) is 18.9 Å². The monoisotopic (exact) mass is 291 g/mol. The molecule has 0 fully saturated rings. The molecule has 2 rings (SSSR count). The third kappa shape index (κ3) is 3.29. The number of nitrogens with two attached hydrogens (primary N) is 1. The molecule has 1 aliphatic rings. The second kappa shape index (κ2) is 6.09. The van der Waals surface area contributed by atoms with Gasteiger partial charge in [-0.3, -0.25) is 4.90 Å². The predicted molar refractivity (Wildman–Crippen MR) is 67.8 cm³/mol. The number of rotatable bonds is 5. The Balaban J connectivity index is 2.03. The number of alkyl halides is 3. The summed E-state index contributed by atoms with van der Waals surface area (Å²) in [5.74, 6) is -0.122. The number of hydrogen-bond acceptors (Lipinski definition) is 4. The number of fused-ring (bicyclic) bond motifs is 1. The van der Waals surface area contributed by atoms with Crippen LogP contribution in [0.25, 0.3) is 0 Å². The van der Waals surface area contributed by atoms with Gasteiger partial charge in [-0.15, -0.1) is 10.2 Å². The van der Waals surface area contributed by atoms with Crippen LogP contribution in [0.1, 0.15) is 31.4 Å². The summed E-state index contributed by atoms with van der Waals surface area (Å²) >= 11 is 0. The van der Waals surface area contributed by atoms with Gasteiger partial charge in [0.1, 0.15) is 5.82 Å². The normalized spacial score (nSPS) is 18.1. The van der Waals surface area contributed by atoms with E-state index >= 15 is 0 Å². The molecule has 2 N–H and O–H groups in total. The minimum absolute atomic E-state index is 0.278. The van der Waals surface area contributed by atoms with Gasteiger partial charge < -0.3 is 10.3 Å². The van der Waals surface area contributed by atoms with Crippen molar-refractivity contribution in [1.82, 2.24) is 19.7 Å². The number of aromatic nitrogens is 3. The fourth-order valence-corrected chi connectivity index (χ4v) is 2.63. The minimum Gasteiger partial charge on any atom is -0.330 e. The van der Waals surface area contributed by atoms with E-state index in [1.54, 1.807) is 0 Å². The largest absolute Gasteiger partial charge is 0.451 e. The van der Waals surface area contributed by atoms with Crippen LogP contribution in [0.4, 0.5) is 13.2 Å². The Morgan fingerprint density at radius 1 is 1.30 bits per heavy atom. The van der Waals surface area contributed by atoms with Crippen LogP contribution in [-0.2, 0) is 19.3 Å². The van der Waals surface area contributed by atoms with Crippen LogP contribution in [0.5, 0.6) is 0 Å². The molecule has 0 saturated heterocycles. The van der Waals surface area contributed by atoms with Gasteiger partial charge in [0.2, 0.25) is 5.82 Å². The zero-order valence-corrected chi connectivity index (χ0v) is 11.5. The quantitative estimate of drug-likeness (QED) is 0.893. The maximum absolute atomic E-state index is 12.7. The molecule has 2 heterocycles. The van der Waals surface area contributed by atoms with Gasteiger partial charge >= 0.3 is 6.18 Å². The molecule has 0 aliphatic carbocycles. The summed E-state index contributed by atoms with van der Waals surface area (Å²) in [5, 5.41) is 6.95. The standard InChI is InChI=1S/C12H20F3N5/c1-2-3-9(6-16)7-19-4-5-20-10(8-19)17-18-11(20)12(13,14)15/h9H,2-8,16H2,1H3. The third-order valence-corrected chi connectivity index (χ3v) is 3.63. The molecule has 0 radical (unpaired) electrons. The summed E-state index contributed by atoms with van der Waals surface area (Å²) in [6.45, 7) is 4.77. The lowest BCUT2D eigenvalue weighted by atomic mass is 10.0. The highest BCUT2D eigenvalue weighted by Gasteiger charge is 2.39. The third-order valence-electron chi connectivity index (χ3n) is 3.63. The summed E-state index contributed by atoms with van der Waals surface area (Å²) in [4.78, 5) is 2.11. The van der Waals surface area contributed by atoms with Crippen LogP contribution < -0.4 is 5.73 Å². The smallest absolute Gasteiger partial charge is 0.330 e. The molecule has 1 atom stereocenters. The van der Waals surface area contributed by atoms with Crippen LogP contribution in [0.15, 0.2) is 0 Å². The summed E-state index contributed by atoms with van der Waals surface area (Å²) in [6.07, 6.45) is -2.34. The molecule has 1 unspecified atom stereocenters. The van der Waals surface area contributed by atoms with Gasteiger partial charge in [0.05, 0.1) is 6.54 Å². The van der Waals surface area contributed by atoms with Gasteiger partial charge in [-0.25, -0.2) is 0 Å². The molecule has 0 bridgehead atoms. The van der Waals surface area contributed by atoms with E-state index in [0.717, 1.165) is 19.4 Å². The van der Waals surface area contributed by atoms with E-state index in [1.807, 2.05) is 0 Å². The van der Waals surface area contributed by atoms with Crippen molar-refractivity contribution in [2.24, 2.45) is 11.7 Å². The number of halogens is 3. The van der Waals surface area contributed by atoms with E-state index < -0.39 is 12.0 Å². The van der Waals surface area contributed by atoms with E-state index in [-0.39, 0.29) is 6.54 Å². The maximum atomic E-state index is 12.7. The van der Waals surface area contributed by atoms with E-state index in [9.17, 15) is 13.2 Å². The first-order valence-corrected chi connectivity index (χ1v) is 6.87. The molecule has 20 heavy (non-hydrogen) atoms. The first-order chi connectivity index (χ1) is 9.45. The first kappa shape index (κ1) is 15.2. The van der Waals surface area contributed by atoms with Crippen molar-refractivity contribution in [2.45, 2.75) is 39.0 Å². The molecule has 1 aromatic heterocycles. The Labute approximate surface area is 115 Å². The van der Waals surface area contributed by atoms with Gasteiger partial charge in [0.25, 0.3) is 0 Å². The molecule has 0 spiro atoms. The molecule has 1 aromatic rings. The van der Waals surface area contributed by atoms with E-state index in [4.69, 9.17) is 5.73 Å². The first-order valence-electron chi connectivity index (χ1n) is 6.87. The lowest BCUT2D eigenvalue weighted by Crippen LogP contribution is -2.39. The van der Waals surface area contributed by atoms with Crippen LogP contribution in [0.3, 0.4) is 0 Å².